The van der Waals surface area contributed by atoms with Crippen molar-refractivity contribution >= 4 is 34.2 Å². The highest BCUT2D eigenvalue weighted by molar-refractivity contribution is 6.12. The molecule has 0 unspecified atom stereocenters. The molecule has 0 atom stereocenters. The number of aryl methyl sites for hydroxylation is 1. The van der Waals surface area contributed by atoms with E-state index in [-0.39, 0.29) is 28.0 Å². The molecule has 51 heavy (non-hydrogen) atoms. The summed E-state index contributed by atoms with van der Waals surface area (Å²) < 4.78 is 18.9. The molecular weight excluding hydrogens is 646 g/mol. The van der Waals surface area contributed by atoms with Crippen molar-refractivity contribution in [1.82, 2.24) is 14.5 Å². The fourth-order valence-electron chi connectivity index (χ4n) is 5.72. The second-order valence-corrected chi connectivity index (χ2v) is 12.1. The molecule has 2 aromatic heterocycles. The van der Waals surface area contributed by atoms with Crippen molar-refractivity contribution < 1.29 is 23.5 Å². The molecule has 4 aromatic carbocycles. The van der Waals surface area contributed by atoms with Gasteiger partial charge in [0.1, 0.15) is 5.58 Å². The van der Waals surface area contributed by atoms with Crippen LogP contribution >= 0.6 is 0 Å². The van der Waals surface area contributed by atoms with Gasteiger partial charge >= 0.3 is 0 Å². The van der Waals surface area contributed by atoms with Crippen LogP contribution in [0.1, 0.15) is 44.7 Å². The van der Waals surface area contributed by atoms with Crippen LogP contribution in [0.25, 0.3) is 16.7 Å². The van der Waals surface area contributed by atoms with Crippen molar-refractivity contribution in [3.63, 3.8) is 0 Å². The molecule has 0 fully saturated rings. The number of likely N-dealkylation sites (N-methyl/N-ethyl adjacent to an activating group) is 1. The first kappa shape index (κ1) is 34.7. The van der Waals surface area contributed by atoms with Crippen molar-refractivity contribution in [3.8, 4) is 17.2 Å². The van der Waals surface area contributed by atoms with Crippen LogP contribution in [0.3, 0.4) is 0 Å². The molecule has 0 aliphatic carbocycles. The van der Waals surface area contributed by atoms with E-state index in [9.17, 15) is 14.4 Å². The quantitative estimate of drug-likeness (QED) is 0.135. The summed E-state index contributed by atoms with van der Waals surface area (Å²) in [5, 5.41) is 6.00. The molecule has 2 heterocycles. The number of methoxy groups -OCH3 is 1. The zero-order valence-corrected chi connectivity index (χ0v) is 28.9. The van der Waals surface area contributed by atoms with Gasteiger partial charge in [-0.25, -0.2) is 4.98 Å². The number of anilines is 2. The van der Waals surface area contributed by atoms with Crippen LogP contribution in [0.2, 0.25) is 0 Å². The number of carbonyl (C=O) groups excluding carboxylic acids is 2. The zero-order chi connectivity index (χ0) is 35.9. The predicted molar refractivity (Wildman–Crippen MR) is 197 cm³/mol. The highest BCUT2D eigenvalue weighted by Gasteiger charge is 2.21. The van der Waals surface area contributed by atoms with Gasteiger partial charge in [-0.3, -0.25) is 14.4 Å². The summed E-state index contributed by atoms with van der Waals surface area (Å²) in [6, 6.07) is 26.9. The number of para-hydroxylation sites is 1. The standard InChI is InChI=1S/C40H39N5O6/c1-5-50-37-20-32(33(21-36(37)49-4)43-40(48)38-22-34(46)31-11-6-7-12-35(31)51-38)39(47)42-29-15-13-27(14-16-29)17-18-44(3)24-28-9-8-10-30(19-28)45-23-26(2)41-25-45/h6-16,19-23,25H,5,17-18,24H2,1-4H3,(H,42,47)(H,43,48). The molecule has 11 nitrogen and oxygen atoms in total. The summed E-state index contributed by atoms with van der Waals surface area (Å²) in [6.45, 7) is 5.76. The second-order valence-electron chi connectivity index (χ2n) is 12.1. The number of hydrogen-bond acceptors (Lipinski definition) is 8. The van der Waals surface area contributed by atoms with Gasteiger partial charge in [0, 0.05) is 42.8 Å². The molecule has 11 heteroatoms. The Labute approximate surface area is 295 Å². The Bertz CT molecular complexity index is 2240. The first-order valence-electron chi connectivity index (χ1n) is 16.6. The highest BCUT2D eigenvalue weighted by Crippen LogP contribution is 2.34. The first-order valence-corrected chi connectivity index (χ1v) is 16.6. The summed E-state index contributed by atoms with van der Waals surface area (Å²) in [5.41, 5.74) is 5.17. The first-order chi connectivity index (χ1) is 24.7. The van der Waals surface area contributed by atoms with E-state index in [1.54, 1.807) is 24.3 Å². The minimum Gasteiger partial charge on any atom is -0.493 e. The SMILES string of the molecule is CCOc1cc(C(=O)Nc2ccc(CCN(C)Cc3cccc(-n4cnc(C)c4)c3)cc2)c(NC(=O)c2cc(=O)c3ccccc3o2)cc1OC. The van der Waals surface area contributed by atoms with E-state index >= 15 is 0 Å². The molecule has 0 aliphatic rings. The largest absolute Gasteiger partial charge is 0.493 e. The lowest BCUT2D eigenvalue weighted by Crippen LogP contribution is -2.21. The van der Waals surface area contributed by atoms with Crippen molar-refractivity contribution in [3.05, 3.63) is 142 Å². The number of rotatable bonds is 13. The average molecular weight is 686 g/mol. The highest BCUT2D eigenvalue weighted by atomic mass is 16.5. The summed E-state index contributed by atoms with van der Waals surface area (Å²) >= 11 is 0. The Hall–Kier alpha value is -6.20. The second kappa shape index (κ2) is 15.6. The van der Waals surface area contributed by atoms with Crippen molar-refractivity contribution in [2.75, 3.05) is 37.9 Å². The van der Waals surface area contributed by atoms with Crippen LogP contribution in [0.15, 0.2) is 113 Å². The van der Waals surface area contributed by atoms with Crippen LogP contribution in [0.5, 0.6) is 11.5 Å². The van der Waals surface area contributed by atoms with Crippen molar-refractivity contribution in [1.29, 1.82) is 0 Å². The summed E-state index contributed by atoms with van der Waals surface area (Å²) in [7, 11) is 3.56. The van der Waals surface area contributed by atoms with Crippen LogP contribution in [-0.2, 0) is 13.0 Å². The molecule has 6 aromatic rings. The molecule has 0 saturated heterocycles. The smallest absolute Gasteiger partial charge is 0.291 e. The summed E-state index contributed by atoms with van der Waals surface area (Å²) in [4.78, 5) is 46.2. The van der Waals surface area contributed by atoms with E-state index in [4.69, 9.17) is 13.9 Å². The van der Waals surface area contributed by atoms with E-state index < -0.39 is 11.8 Å². The Morgan fingerprint density at radius 3 is 2.45 bits per heavy atom. The van der Waals surface area contributed by atoms with E-state index in [1.165, 1.54) is 24.8 Å². The Morgan fingerprint density at radius 2 is 1.71 bits per heavy atom. The third-order valence-electron chi connectivity index (χ3n) is 8.32. The van der Waals surface area contributed by atoms with Gasteiger partial charge < -0.3 is 34.0 Å². The number of ether oxygens (including phenoxy) is 2. The molecular formula is C40H39N5O6. The Balaban J connectivity index is 1.13. The minimum atomic E-state index is -0.701. The van der Waals surface area contributed by atoms with Gasteiger partial charge in [0.05, 0.1) is 42.4 Å². The Kier molecular flexibility index (Phi) is 10.6. The topological polar surface area (TPSA) is 128 Å². The van der Waals surface area contributed by atoms with E-state index in [0.29, 0.717) is 29.2 Å². The van der Waals surface area contributed by atoms with Gasteiger partial charge in [0.25, 0.3) is 11.8 Å². The molecule has 2 N–H and O–H groups in total. The molecule has 0 bridgehead atoms. The number of fused-ring (bicyclic) bond motifs is 1. The minimum absolute atomic E-state index is 0.133. The summed E-state index contributed by atoms with van der Waals surface area (Å²) in [6.07, 6.45) is 4.66. The van der Waals surface area contributed by atoms with Crippen LogP contribution in [-0.4, -0.2) is 53.6 Å². The van der Waals surface area contributed by atoms with Crippen LogP contribution < -0.4 is 25.5 Å². The molecule has 0 spiro atoms. The lowest BCUT2D eigenvalue weighted by Gasteiger charge is -2.18. The van der Waals surface area contributed by atoms with Gasteiger partial charge in [-0.2, -0.15) is 0 Å². The maximum absolute atomic E-state index is 13.7. The lowest BCUT2D eigenvalue weighted by atomic mass is 10.1. The Morgan fingerprint density at radius 1 is 0.902 bits per heavy atom. The third-order valence-corrected chi connectivity index (χ3v) is 8.32. The van der Waals surface area contributed by atoms with Crippen molar-refractivity contribution in [2.24, 2.45) is 0 Å². The van der Waals surface area contributed by atoms with Gasteiger partial charge in [0.2, 0.25) is 0 Å². The lowest BCUT2D eigenvalue weighted by molar-refractivity contribution is 0.0997. The normalized spacial score (nSPS) is 11.1. The number of nitrogens with zero attached hydrogens (tertiary/aromatic N) is 3. The fraction of sp³-hybridized carbons (Fsp3) is 0.200. The molecule has 0 aliphatic heterocycles. The van der Waals surface area contributed by atoms with Crippen LogP contribution in [0.4, 0.5) is 11.4 Å². The number of carbonyl (C=O) groups is 2. The number of nitrogens with one attached hydrogen (secondary N) is 2. The summed E-state index contributed by atoms with van der Waals surface area (Å²) in [5.74, 6) is -0.720. The van der Waals surface area contributed by atoms with Crippen LogP contribution in [0, 0.1) is 6.92 Å². The predicted octanol–water partition coefficient (Wildman–Crippen LogP) is 6.87. The molecule has 260 valence electrons. The number of benzene rings is 4. The fourth-order valence-corrected chi connectivity index (χ4v) is 5.72. The van der Waals surface area contributed by atoms with Gasteiger partial charge in [0.15, 0.2) is 22.7 Å². The number of imidazole rings is 1. The number of amides is 2. The van der Waals surface area contributed by atoms with Gasteiger partial charge in [-0.15, -0.1) is 0 Å². The van der Waals surface area contributed by atoms with Gasteiger partial charge in [-0.05, 0) is 80.9 Å². The van der Waals surface area contributed by atoms with E-state index in [2.05, 4.69) is 51.8 Å². The zero-order valence-electron chi connectivity index (χ0n) is 28.9. The maximum atomic E-state index is 13.7. The van der Waals surface area contributed by atoms with E-state index in [1.807, 2.05) is 55.2 Å². The number of aromatic nitrogens is 2. The third kappa shape index (κ3) is 8.34. The molecule has 2 amide bonds. The molecule has 0 saturated carbocycles. The van der Waals surface area contributed by atoms with Gasteiger partial charge in [-0.1, -0.05) is 36.4 Å². The van der Waals surface area contributed by atoms with Crippen molar-refractivity contribution in [2.45, 2.75) is 26.8 Å². The average Bonchev–Trinajstić information content (AvgIpc) is 3.58. The maximum Gasteiger partial charge on any atom is 0.291 e. The molecule has 0 radical (unpaired) electrons. The molecule has 6 rings (SSSR count). The monoisotopic (exact) mass is 685 g/mol. The van der Waals surface area contributed by atoms with E-state index in [0.717, 1.165) is 42.5 Å². The number of hydrogen-bond donors (Lipinski definition) is 2.